The van der Waals surface area contributed by atoms with Crippen LogP contribution in [0.4, 0.5) is 19.0 Å². The van der Waals surface area contributed by atoms with Gasteiger partial charge in [0.25, 0.3) is 5.65 Å². The summed E-state index contributed by atoms with van der Waals surface area (Å²) in [5.74, 6) is 0.317. The molecule has 26 heavy (non-hydrogen) atoms. The van der Waals surface area contributed by atoms with Crippen molar-refractivity contribution in [1.29, 1.82) is 5.26 Å². The van der Waals surface area contributed by atoms with Crippen LogP contribution in [0.3, 0.4) is 0 Å². The number of nitrogens with one attached hydrogen (secondary N) is 3. The average Bonchev–Trinajstić information content (AvgIpc) is 2.96. The lowest BCUT2D eigenvalue weighted by atomic mass is 10.1. The first kappa shape index (κ1) is 18.0. The zero-order valence-electron chi connectivity index (χ0n) is 14.5. The highest BCUT2D eigenvalue weighted by Crippen LogP contribution is 2.34. The molecule has 0 aliphatic carbocycles. The summed E-state index contributed by atoms with van der Waals surface area (Å²) < 4.78 is 42.1. The molecule has 3 N–H and O–H groups in total. The summed E-state index contributed by atoms with van der Waals surface area (Å²) in [6.45, 7) is 1.44. The molecule has 0 bridgehead atoms. The maximum Gasteiger partial charge on any atom is 0.418 e. The summed E-state index contributed by atoms with van der Waals surface area (Å²) in [6.07, 6.45) is -3.80. The molecule has 0 fully saturated rings. The smallest absolute Gasteiger partial charge is 0.340 e. The normalized spacial score (nSPS) is 12.0. The first-order valence-electron chi connectivity index (χ1n) is 8.32. The molecule has 0 aliphatic heterocycles. The summed E-state index contributed by atoms with van der Waals surface area (Å²) in [7, 11) is 4.05. The van der Waals surface area contributed by atoms with Crippen molar-refractivity contribution in [3.63, 3.8) is 0 Å². The van der Waals surface area contributed by atoms with Gasteiger partial charge in [-0.15, -0.1) is 0 Å². The van der Waals surface area contributed by atoms with E-state index in [0.29, 0.717) is 23.4 Å². The predicted molar refractivity (Wildman–Crippen MR) is 92.0 cm³/mol. The highest BCUT2D eigenvalue weighted by Gasteiger charge is 2.38. The average molecular weight is 363 g/mol. The molecule has 0 atom stereocenters. The standard InChI is InChI=1S/C18H18F3N5/c1-25(2)9-5-8-23-16-10-13(18(19,20)21)12(11-22)17-24-14-6-3-4-7-15(14)26(16)17/h3-4,6-7,10H,5,8-9H2,1-2H3,(H,23,24)/p+2. The number of hydrogen-bond acceptors (Lipinski definition) is 2. The minimum atomic E-state index is -4.61. The van der Waals surface area contributed by atoms with Crippen molar-refractivity contribution in [2.24, 2.45) is 0 Å². The van der Waals surface area contributed by atoms with Crippen LogP contribution in [-0.4, -0.2) is 32.2 Å². The zero-order valence-corrected chi connectivity index (χ0v) is 14.5. The molecule has 0 unspecified atom stereocenters. The van der Waals surface area contributed by atoms with Gasteiger partial charge in [-0.2, -0.15) is 22.8 Å². The Labute approximate surface area is 148 Å². The van der Waals surface area contributed by atoms with Crippen LogP contribution in [0.5, 0.6) is 0 Å². The minimum absolute atomic E-state index is 0.143. The van der Waals surface area contributed by atoms with E-state index in [1.807, 2.05) is 26.2 Å². The van der Waals surface area contributed by atoms with Crippen LogP contribution >= 0.6 is 0 Å². The molecule has 8 heteroatoms. The molecule has 5 nitrogen and oxygen atoms in total. The third-order valence-electron chi connectivity index (χ3n) is 4.23. The van der Waals surface area contributed by atoms with Gasteiger partial charge in [-0.1, -0.05) is 12.1 Å². The van der Waals surface area contributed by atoms with Crippen LogP contribution in [0.1, 0.15) is 17.5 Å². The van der Waals surface area contributed by atoms with Crippen molar-refractivity contribution in [1.82, 2.24) is 4.98 Å². The van der Waals surface area contributed by atoms with E-state index in [2.05, 4.69) is 10.3 Å². The Morgan fingerprint density at radius 1 is 1.27 bits per heavy atom. The molecule has 2 heterocycles. The largest absolute Gasteiger partial charge is 0.418 e. The fourth-order valence-corrected chi connectivity index (χ4v) is 3.03. The van der Waals surface area contributed by atoms with Crippen molar-refractivity contribution >= 4 is 22.5 Å². The number of halogens is 3. The van der Waals surface area contributed by atoms with E-state index in [1.54, 1.807) is 22.6 Å². The third kappa shape index (κ3) is 3.30. The fraction of sp³-hybridized carbons (Fsp3) is 0.333. The first-order chi connectivity index (χ1) is 12.3. The molecule has 136 valence electrons. The number of alkyl halides is 3. The van der Waals surface area contributed by atoms with Crippen LogP contribution in [0.15, 0.2) is 30.3 Å². The number of nitriles is 1. The molecule has 0 radical (unpaired) electrons. The van der Waals surface area contributed by atoms with Gasteiger partial charge >= 0.3 is 6.18 Å². The molecular weight excluding hydrogens is 343 g/mol. The fourth-order valence-electron chi connectivity index (χ4n) is 3.03. The van der Waals surface area contributed by atoms with Gasteiger partial charge in [-0.3, -0.25) is 4.98 Å². The summed E-state index contributed by atoms with van der Waals surface area (Å²) in [5, 5.41) is 12.5. The predicted octanol–water partition coefficient (Wildman–Crippen LogP) is 1.74. The number of para-hydroxylation sites is 2. The minimum Gasteiger partial charge on any atom is -0.340 e. The van der Waals surface area contributed by atoms with Crippen molar-refractivity contribution in [2.45, 2.75) is 12.6 Å². The summed E-state index contributed by atoms with van der Waals surface area (Å²) in [6, 6.07) is 9.92. The van der Waals surface area contributed by atoms with E-state index in [0.717, 1.165) is 19.0 Å². The van der Waals surface area contributed by atoms with Gasteiger partial charge in [0.1, 0.15) is 22.7 Å². The number of anilines is 1. The molecule has 2 aromatic heterocycles. The van der Waals surface area contributed by atoms with Crippen molar-refractivity contribution < 1.29 is 22.5 Å². The van der Waals surface area contributed by atoms with E-state index in [1.165, 1.54) is 4.90 Å². The number of hydrogen-bond donors (Lipinski definition) is 3. The number of nitrogens with zero attached hydrogens (tertiary/aromatic N) is 2. The summed E-state index contributed by atoms with van der Waals surface area (Å²) in [4.78, 5) is 4.23. The zero-order chi connectivity index (χ0) is 18.9. The maximum absolute atomic E-state index is 13.5. The van der Waals surface area contributed by atoms with Gasteiger partial charge in [0.05, 0.1) is 32.7 Å². The van der Waals surface area contributed by atoms with Crippen molar-refractivity contribution in [3.05, 3.63) is 41.5 Å². The molecular formula is C18H20F3N5+2. The second kappa shape index (κ2) is 6.84. The third-order valence-corrected chi connectivity index (χ3v) is 4.23. The molecule has 0 saturated carbocycles. The number of rotatable bonds is 5. The number of fused-ring (bicyclic) bond motifs is 3. The second-order valence-electron chi connectivity index (χ2n) is 6.49. The Kier molecular flexibility index (Phi) is 4.74. The van der Waals surface area contributed by atoms with Gasteiger partial charge in [0, 0.05) is 12.5 Å². The molecule has 0 spiro atoms. The number of benzene rings is 1. The van der Waals surface area contributed by atoms with Gasteiger partial charge in [0.15, 0.2) is 0 Å². The second-order valence-corrected chi connectivity index (χ2v) is 6.49. The Morgan fingerprint density at radius 3 is 2.65 bits per heavy atom. The first-order valence-corrected chi connectivity index (χ1v) is 8.32. The SMILES string of the molecule is C[NH+](C)CCCNc1cc(C(F)(F)F)c(C#N)c2[nH]c3ccccc3[n+]12. The quantitative estimate of drug-likeness (QED) is 0.478. The monoisotopic (exact) mass is 363 g/mol. The van der Waals surface area contributed by atoms with E-state index in [9.17, 15) is 18.4 Å². The Hall–Kier alpha value is -2.79. The van der Waals surface area contributed by atoms with Crippen LogP contribution in [0.2, 0.25) is 0 Å². The van der Waals surface area contributed by atoms with Crippen molar-refractivity contribution in [3.8, 4) is 6.07 Å². The van der Waals surface area contributed by atoms with Gasteiger partial charge < -0.3 is 10.2 Å². The number of H-pyrrole nitrogens is 1. The molecule has 0 saturated heterocycles. The number of aromatic nitrogens is 2. The summed E-state index contributed by atoms with van der Waals surface area (Å²) in [5.41, 5.74) is 0.186. The topological polar surface area (TPSA) is 60.1 Å². The number of quaternary nitrogens is 1. The van der Waals surface area contributed by atoms with Crippen LogP contribution in [0, 0.1) is 11.3 Å². The Balaban J connectivity index is 2.19. The van der Waals surface area contributed by atoms with Crippen LogP contribution in [0.25, 0.3) is 16.7 Å². The van der Waals surface area contributed by atoms with E-state index < -0.39 is 17.3 Å². The molecule has 0 aliphatic rings. The highest BCUT2D eigenvalue weighted by molar-refractivity contribution is 5.77. The summed E-state index contributed by atoms with van der Waals surface area (Å²) >= 11 is 0. The van der Waals surface area contributed by atoms with Gasteiger partial charge in [-0.05, 0) is 12.1 Å². The van der Waals surface area contributed by atoms with Gasteiger partial charge in [0.2, 0.25) is 5.82 Å². The molecule has 0 amide bonds. The van der Waals surface area contributed by atoms with E-state index >= 15 is 0 Å². The highest BCUT2D eigenvalue weighted by atomic mass is 19.4. The molecule has 3 rings (SSSR count). The molecule has 1 aromatic carbocycles. The van der Waals surface area contributed by atoms with E-state index in [-0.39, 0.29) is 5.65 Å². The van der Waals surface area contributed by atoms with Crippen molar-refractivity contribution in [2.75, 3.05) is 32.5 Å². The number of pyridine rings is 1. The van der Waals surface area contributed by atoms with E-state index in [4.69, 9.17) is 0 Å². The lowest BCUT2D eigenvalue weighted by molar-refractivity contribution is -0.858. The van der Waals surface area contributed by atoms with Crippen LogP contribution < -0.4 is 14.6 Å². The lowest BCUT2D eigenvalue weighted by Crippen LogP contribution is -3.05. The van der Waals surface area contributed by atoms with Gasteiger partial charge in [-0.25, -0.2) is 0 Å². The number of aromatic amines is 1. The maximum atomic E-state index is 13.5. The Bertz CT molecular complexity index is 982. The Morgan fingerprint density at radius 2 is 2.00 bits per heavy atom. The van der Waals surface area contributed by atoms with Crippen LogP contribution in [-0.2, 0) is 6.18 Å². The lowest BCUT2D eigenvalue weighted by Gasteiger charge is -2.11. The number of imidazole rings is 1. The molecule has 3 aromatic rings.